The van der Waals surface area contributed by atoms with E-state index in [1.807, 2.05) is 0 Å². The van der Waals surface area contributed by atoms with E-state index in [4.69, 9.17) is 4.74 Å². The van der Waals surface area contributed by atoms with Crippen LogP contribution >= 0.6 is 11.8 Å². The average molecular weight is 497 g/mol. The van der Waals surface area contributed by atoms with Gasteiger partial charge in [-0.3, -0.25) is 19.5 Å². The van der Waals surface area contributed by atoms with Crippen LogP contribution in [0.3, 0.4) is 0 Å². The molecule has 0 saturated heterocycles. The monoisotopic (exact) mass is 497 g/mol. The molecule has 9 nitrogen and oxygen atoms in total. The van der Waals surface area contributed by atoms with Gasteiger partial charge in [-0.05, 0) is 60.7 Å². The number of ether oxygens (including phenoxy) is 1. The van der Waals surface area contributed by atoms with E-state index < -0.39 is 22.5 Å². The molecular formula is C23H17F2N5O4S. The molecule has 0 radical (unpaired) electrons. The summed E-state index contributed by atoms with van der Waals surface area (Å²) in [5, 5.41) is 22.5. The Balaban J connectivity index is 1.59. The molecule has 12 heteroatoms. The van der Waals surface area contributed by atoms with Gasteiger partial charge in [0, 0.05) is 11.3 Å². The van der Waals surface area contributed by atoms with Crippen molar-refractivity contribution in [1.82, 2.24) is 14.8 Å². The van der Waals surface area contributed by atoms with Gasteiger partial charge in [-0.2, -0.15) is 0 Å². The van der Waals surface area contributed by atoms with E-state index in [0.29, 0.717) is 22.2 Å². The zero-order valence-corrected chi connectivity index (χ0v) is 19.0. The van der Waals surface area contributed by atoms with Gasteiger partial charge >= 0.3 is 0 Å². The molecular weight excluding hydrogens is 480 g/mol. The molecule has 0 aliphatic heterocycles. The SMILES string of the molecule is COc1ccc(NC(=O)CSc2nnc(-c3ccc(F)cc3)n2-c2ccc(F)cc2)c([N+](=O)[O-])c1. The van der Waals surface area contributed by atoms with Crippen molar-refractivity contribution in [3.8, 4) is 22.8 Å². The third-order valence-electron chi connectivity index (χ3n) is 4.83. The molecule has 1 heterocycles. The number of methoxy groups -OCH3 is 1. The number of benzene rings is 3. The normalized spacial score (nSPS) is 10.7. The summed E-state index contributed by atoms with van der Waals surface area (Å²) < 4.78 is 33.5. The molecule has 0 saturated carbocycles. The number of aromatic nitrogens is 3. The van der Waals surface area contributed by atoms with Crippen LogP contribution in [0.15, 0.2) is 71.9 Å². The van der Waals surface area contributed by atoms with Crippen molar-refractivity contribution in [1.29, 1.82) is 0 Å². The molecule has 0 atom stereocenters. The van der Waals surface area contributed by atoms with Gasteiger partial charge in [-0.15, -0.1) is 10.2 Å². The first-order chi connectivity index (χ1) is 16.9. The van der Waals surface area contributed by atoms with E-state index in [0.717, 1.165) is 11.8 Å². The van der Waals surface area contributed by atoms with E-state index in [2.05, 4.69) is 15.5 Å². The molecule has 0 spiro atoms. The first kappa shape index (κ1) is 23.8. The van der Waals surface area contributed by atoms with Crippen molar-refractivity contribution in [3.63, 3.8) is 0 Å². The second kappa shape index (κ2) is 10.3. The van der Waals surface area contributed by atoms with E-state index in [1.54, 1.807) is 4.57 Å². The summed E-state index contributed by atoms with van der Waals surface area (Å²) >= 11 is 1.03. The minimum Gasteiger partial charge on any atom is -0.496 e. The van der Waals surface area contributed by atoms with Gasteiger partial charge in [-0.1, -0.05) is 11.8 Å². The van der Waals surface area contributed by atoms with E-state index in [1.165, 1.54) is 73.8 Å². The van der Waals surface area contributed by atoms with Crippen LogP contribution in [0.5, 0.6) is 5.75 Å². The number of hydrogen-bond donors (Lipinski definition) is 1. The molecule has 1 aromatic heterocycles. The highest BCUT2D eigenvalue weighted by molar-refractivity contribution is 7.99. The van der Waals surface area contributed by atoms with Gasteiger partial charge in [-0.25, -0.2) is 8.78 Å². The van der Waals surface area contributed by atoms with Crippen LogP contribution in [0, 0.1) is 21.7 Å². The van der Waals surface area contributed by atoms with Crippen LogP contribution in [0.2, 0.25) is 0 Å². The predicted octanol–water partition coefficient (Wildman–Crippen LogP) is 4.86. The first-order valence-electron chi connectivity index (χ1n) is 10.1. The standard InChI is InChI=1S/C23H17F2N5O4S/c1-34-18-10-11-19(20(12-18)30(32)33)26-21(31)13-35-23-28-27-22(14-2-4-15(24)5-3-14)29(23)17-8-6-16(25)7-9-17/h2-12H,13H2,1H3,(H,26,31). The number of hydrogen-bond acceptors (Lipinski definition) is 7. The van der Waals surface area contributed by atoms with Gasteiger partial charge in [0.05, 0.1) is 23.9 Å². The third-order valence-corrected chi connectivity index (χ3v) is 5.76. The number of nitro benzene ring substituents is 1. The highest BCUT2D eigenvalue weighted by Gasteiger charge is 2.20. The second-order valence-corrected chi connectivity index (χ2v) is 8.04. The Kier molecular flexibility index (Phi) is 7.01. The number of nitrogens with one attached hydrogen (secondary N) is 1. The Hall–Kier alpha value is -4.32. The fraction of sp³-hybridized carbons (Fsp3) is 0.0870. The molecule has 3 aromatic carbocycles. The Morgan fingerprint density at radius 3 is 2.34 bits per heavy atom. The molecule has 0 fully saturated rings. The van der Waals surface area contributed by atoms with Crippen molar-refractivity contribution < 1.29 is 23.2 Å². The maximum Gasteiger partial charge on any atom is 0.296 e. The van der Waals surface area contributed by atoms with Crippen molar-refractivity contribution in [3.05, 3.63) is 88.5 Å². The number of anilines is 1. The van der Waals surface area contributed by atoms with E-state index in [9.17, 15) is 23.7 Å². The number of thioether (sulfide) groups is 1. The van der Waals surface area contributed by atoms with Gasteiger partial charge in [0.15, 0.2) is 11.0 Å². The van der Waals surface area contributed by atoms with Crippen LogP contribution in [0.1, 0.15) is 0 Å². The van der Waals surface area contributed by atoms with Crippen LogP contribution in [-0.2, 0) is 4.79 Å². The van der Waals surface area contributed by atoms with E-state index >= 15 is 0 Å². The van der Waals surface area contributed by atoms with Gasteiger partial charge in [0.1, 0.15) is 23.1 Å². The number of halogens is 2. The number of nitrogens with zero attached hydrogens (tertiary/aromatic N) is 4. The largest absolute Gasteiger partial charge is 0.496 e. The molecule has 0 unspecified atom stereocenters. The number of carbonyl (C=O) groups excluding carboxylic acids is 1. The molecule has 4 rings (SSSR count). The fourth-order valence-corrected chi connectivity index (χ4v) is 3.94. The number of rotatable bonds is 8. The maximum absolute atomic E-state index is 13.5. The first-order valence-corrected chi connectivity index (χ1v) is 11.1. The summed E-state index contributed by atoms with van der Waals surface area (Å²) in [5.41, 5.74) is 0.807. The van der Waals surface area contributed by atoms with Crippen molar-refractivity contribution in [2.24, 2.45) is 0 Å². The van der Waals surface area contributed by atoms with Crippen molar-refractivity contribution >= 4 is 29.0 Å². The lowest BCUT2D eigenvalue weighted by Gasteiger charge is -2.11. The van der Waals surface area contributed by atoms with Crippen LogP contribution < -0.4 is 10.1 Å². The highest BCUT2D eigenvalue weighted by Crippen LogP contribution is 2.31. The zero-order chi connectivity index (χ0) is 24.9. The Morgan fingerprint density at radius 2 is 1.71 bits per heavy atom. The van der Waals surface area contributed by atoms with Crippen LogP contribution in [-0.4, -0.2) is 38.5 Å². The second-order valence-electron chi connectivity index (χ2n) is 7.10. The smallest absolute Gasteiger partial charge is 0.296 e. The molecule has 0 aliphatic carbocycles. The Morgan fingerprint density at radius 1 is 1.06 bits per heavy atom. The lowest BCUT2D eigenvalue weighted by Crippen LogP contribution is -2.15. The molecule has 0 aliphatic rings. The molecule has 1 amide bonds. The minimum absolute atomic E-state index is 0.0217. The molecule has 0 bridgehead atoms. The van der Waals surface area contributed by atoms with Crippen molar-refractivity contribution in [2.45, 2.75) is 5.16 Å². The van der Waals surface area contributed by atoms with Crippen molar-refractivity contribution in [2.75, 3.05) is 18.2 Å². The fourth-order valence-electron chi connectivity index (χ4n) is 3.18. The highest BCUT2D eigenvalue weighted by atomic mass is 32.2. The maximum atomic E-state index is 13.5. The molecule has 1 N–H and O–H groups in total. The summed E-state index contributed by atoms with van der Waals surface area (Å²) in [6.07, 6.45) is 0. The van der Waals surface area contributed by atoms with Gasteiger partial charge < -0.3 is 10.1 Å². The van der Waals surface area contributed by atoms with Crippen LogP contribution in [0.4, 0.5) is 20.2 Å². The van der Waals surface area contributed by atoms with E-state index in [-0.39, 0.29) is 22.9 Å². The van der Waals surface area contributed by atoms with Gasteiger partial charge in [0.2, 0.25) is 5.91 Å². The number of amides is 1. The lowest BCUT2D eigenvalue weighted by molar-refractivity contribution is -0.384. The average Bonchev–Trinajstić information content (AvgIpc) is 3.27. The topological polar surface area (TPSA) is 112 Å². The number of nitro groups is 1. The Bertz CT molecular complexity index is 1380. The molecule has 178 valence electrons. The summed E-state index contributed by atoms with van der Waals surface area (Å²) in [4.78, 5) is 23.3. The summed E-state index contributed by atoms with van der Waals surface area (Å²) in [7, 11) is 1.38. The summed E-state index contributed by atoms with van der Waals surface area (Å²) in [6.45, 7) is 0. The predicted molar refractivity (Wildman–Crippen MR) is 126 cm³/mol. The quantitative estimate of drug-likeness (QED) is 0.210. The lowest BCUT2D eigenvalue weighted by atomic mass is 10.2. The number of carbonyl (C=O) groups is 1. The van der Waals surface area contributed by atoms with Crippen LogP contribution in [0.25, 0.3) is 17.1 Å². The Labute approximate surface area is 201 Å². The summed E-state index contributed by atoms with van der Waals surface area (Å²) in [6, 6.07) is 15.3. The van der Waals surface area contributed by atoms with Gasteiger partial charge in [0.25, 0.3) is 5.69 Å². The summed E-state index contributed by atoms with van der Waals surface area (Å²) in [5.74, 6) is -0.859. The molecule has 4 aromatic rings. The third kappa shape index (κ3) is 5.44. The molecule has 35 heavy (non-hydrogen) atoms. The minimum atomic E-state index is -0.620. The zero-order valence-electron chi connectivity index (χ0n) is 18.1.